The first-order valence-electron chi connectivity index (χ1n) is 9.33. The zero-order valence-electron chi connectivity index (χ0n) is 15.4. The van der Waals surface area contributed by atoms with Crippen LogP contribution < -0.4 is 5.73 Å². The van der Waals surface area contributed by atoms with Crippen molar-refractivity contribution in [3.8, 4) is 11.1 Å². The second-order valence-electron chi connectivity index (χ2n) is 6.94. The van der Waals surface area contributed by atoms with Gasteiger partial charge in [0.2, 0.25) is 11.9 Å². The summed E-state index contributed by atoms with van der Waals surface area (Å²) < 4.78 is 13.8. The normalized spacial score (nSPS) is 16.3. The number of nitrogens with two attached hydrogens (primary N) is 1. The summed E-state index contributed by atoms with van der Waals surface area (Å²) in [6, 6.07) is 15.8. The molecular formula is C22H21FN4O. The van der Waals surface area contributed by atoms with Crippen molar-refractivity contribution < 1.29 is 9.18 Å². The largest absolute Gasteiger partial charge is 0.368 e. The van der Waals surface area contributed by atoms with Gasteiger partial charge in [0.25, 0.3) is 0 Å². The Balaban J connectivity index is 1.67. The van der Waals surface area contributed by atoms with Crippen LogP contribution in [0.2, 0.25) is 0 Å². The number of aromatic nitrogens is 2. The van der Waals surface area contributed by atoms with Gasteiger partial charge >= 0.3 is 0 Å². The molecule has 1 aromatic heterocycles. The molecule has 1 atom stereocenters. The molecular weight excluding hydrogens is 355 g/mol. The first-order valence-corrected chi connectivity index (χ1v) is 9.33. The van der Waals surface area contributed by atoms with Crippen LogP contribution in [0.4, 0.5) is 10.3 Å². The highest BCUT2D eigenvalue weighted by Gasteiger charge is 2.33. The molecule has 1 aliphatic rings. The summed E-state index contributed by atoms with van der Waals surface area (Å²) in [6.45, 7) is 0.669. The molecule has 1 amide bonds. The lowest BCUT2D eigenvalue weighted by Gasteiger charge is -2.26. The number of benzene rings is 2. The fourth-order valence-electron chi connectivity index (χ4n) is 3.76. The maximum atomic E-state index is 13.8. The van der Waals surface area contributed by atoms with Crippen LogP contribution in [0.1, 0.15) is 30.1 Å². The number of amides is 1. The topological polar surface area (TPSA) is 72.1 Å². The Bertz CT molecular complexity index is 993. The minimum atomic E-state index is -0.330. The summed E-state index contributed by atoms with van der Waals surface area (Å²) in [5, 5.41) is 0. The smallest absolute Gasteiger partial charge is 0.227 e. The van der Waals surface area contributed by atoms with Gasteiger partial charge in [-0.05, 0) is 36.1 Å². The van der Waals surface area contributed by atoms with Crippen molar-refractivity contribution in [2.24, 2.45) is 0 Å². The molecule has 6 heteroatoms. The van der Waals surface area contributed by atoms with Gasteiger partial charge in [0.1, 0.15) is 5.82 Å². The van der Waals surface area contributed by atoms with Crippen molar-refractivity contribution in [2.75, 3.05) is 12.3 Å². The molecule has 2 N–H and O–H groups in total. The highest BCUT2D eigenvalue weighted by Crippen LogP contribution is 2.37. The van der Waals surface area contributed by atoms with E-state index in [0.717, 1.165) is 18.4 Å². The van der Waals surface area contributed by atoms with Crippen molar-refractivity contribution in [3.05, 3.63) is 77.9 Å². The first kappa shape index (κ1) is 18.1. The second-order valence-corrected chi connectivity index (χ2v) is 6.94. The second kappa shape index (κ2) is 7.76. The molecule has 0 spiro atoms. The van der Waals surface area contributed by atoms with Crippen molar-refractivity contribution in [1.82, 2.24) is 14.9 Å². The highest BCUT2D eigenvalue weighted by atomic mass is 19.1. The van der Waals surface area contributed by atoms with E-state index in [1.54, 1.807) is 12.3 Å². The third-order valence-electron chi connectivity index (χ3n) is 5.06. The lowest BCUT2D eigenvalue weighted by molar-refractivity contribution is -0.131. The summed E-state index contributed by atoms with van der Waals surface area (Å²) in [5.74, 6) is -0.128. The average Bonchev–Trinajstić information content (AvgIpc) is 3.18. The van der Waals surface area contributed by atoms with Crippen LogP contribution in [0.15, 0.2) is 60.8 Å². The van der Waals surface area contributed by atoms with E-state index in [-0.39, 0.29) is 23.7 Å². The first-order chi connectivity index (χ1) is 13.6. The Morgan fingerprint density at radius 2 is 2.00 bits per heavy atom. The molecule has 1 aliphatic heterocycles. The Hall–Kier alpha value is -3.28. The van der Waals surface area contributed by atoms with Crippen LogP contribution in [-0.2, 0) is 11.2 Å². The molecule has 5 nitrogen and oxygen atoms in total. The third-order valence-corrected chi connectivity index (χ3v) is 5.06. The number of halogens is 1. The number of hydrogen-bond acceptors (Lipinski definition) is 4. The molecule has 0 unspecified atom stereocenters. The maximum absolute atomic E-state index is 13.8. The maximum Gasteiger partial charge on any atom is 0.227 e. The number of rotatable bonds is 4. The molecule has 2 aromatic carbocycles. The number of carbonyl (C=O) groups excluding carboxylic acids is 1. The number of carbonyl (C=O) groups is 1. The van der Waals surface area contributed by atoms with E-state index in [4.69, 9.17) is 5.73 Å². The van der Waals surface area contributed by atoms with Gasteiger partial charge in [0.05, 0.1) is 18.2 Å². The molecule has 0 saturated carbocycles. The minimum absolute atomic E-state index is 0.0519. The average molecular weight is 376 g/mol. The van der Waals surface area contributed by atoms with Crippen LogP contribution >= 0.6 is 0 Å². The van der Waals surface area contributed by atoms with Crippen LogP contribution in [0.5, 0.6) is 0 Å². The molecule has 4 rings (SSSR count). The number of nitrogens with zero attached hydrogens (tertiary/aromatic N) is 3. The van der Waals surface area contributed by atoms with E-state index in [1.165, 1.54) is 12.1 Å². The quantitative estimate of drug-likeness (QED) is 0.752. The summed E-state index contributed by atoms with van der Waals surface area (Å²) in [5.41, 5.74) is 8.89. The Morgan fingerprint density at radius 3 is 2.79 bits per heavy atom. The molecule has 0 aliphatic carbocycles. The highest BCUT2D eigenvalue weighted by molar-refractivity contribution is 5.80. The van der Waals surface area contributed by atoms with Crippen molar-refractivity contribution in [2.45, 2.75) is 25.3 Å². The molecule has 1 saturated heterocycles. The third kappa shape index (κ3) is 3.71. The molecule has 3 aromatic rings. The van der Waals surface area contributed by atoms with E-state index < -0.39 is 0 Å². The van der Waals surface area contributed by atoms with Crippen LogP contribution in [0.25, 0.3) is 11.1 Å². The summed E-state index contributed by atoms with van der Waals surface area (Å²) in [4.78, 5) is 23.4. The number of nitrogen functional groups attached to an aromatic ring is 1. The lowest BCUT2D eigenvalue weighted by Crippen LogP contribution is -2.32. The number of likely N-dealkylation sites (tertiary alicyclic amines) is 1. The van der Waals surface area contributed by atoms with Crippen LogP contribution in [-0.4, -0.2) is 27.3 Å². The molecule has 0 bridgehead atoms. The zero-order valence-corrected chi connectivity index (χ0v) is 15.4. The predicted molar refractivity (Wildman–Crippen MR) is 106 cm³/mol. The predicted octanol–water partition coefficient (Wildman–Crippen LogP) is 3.77. The standard InChI is InChI=1S/C22H21FN4O/c23-17-9-4-8-16(13-17)18-14-25-22(24)26-21(18)19-10-5-11-27(19)20(28)12-15-6-2-1-3-7-15/h1-4,6-9,13-14,19H,5,10-12H2,(H2,24,25,26)/t19-/m1/s1. The van der Waals surface area contributed by atoms with Gasteiger partial charge in [-0.3, -0.25) is 4.79 Å². The van der Waals surface area contributed by atoms with Gasteiger partial charge in [-0.1, -0.05) is 42.5 Å². The Kier molecular flexibility index (Phi) is 5.02. The fraction of sp³-hybridized carbons (Fsp3) is 0.227. The van der Waals surface area contributed by atoms with E-state index in [1.807, 2.05) is 41.3 Å². The van der Waals surface area contributed by atoms with E-state index >= 15 is 0 Å². The molecule has 28 heavy (non-hydrogen) atoms. The molecule has 2 heterocycles. The minimum Gasteiger partial charge on any atom is -0.368 e. The van der Waals surface area contributed by atoms with Crippen molar-refractivity contribution >= 4 is 11.9 Å². The monoisotopic (exact) mass is 376 g/mol. The van der Waals surface area contributed by atoms with E-state index in [9.17, 15) is 9.18 Å². The van der Waals surface area contributed by atoms with Gasteiger partial charge in [-0.25, -0.2) is 14.4 Å². The SMILES string of the molecule is Nc1ncc(-c2cccc(F)c2)c([C@H]2CCCN2C(=O)Cc2ccccc2)n1. The van der Waals surface area contributed by atoms with Gasteiger partial charge < -0.3 is 10.6 Å². The van der Waals surface area contributed by atoms with Gasteiger partial charge in [0, 0.05) is 18.3 Å². The van der Waals surface area contributed by atoms with E-state index in [0.29, 0.717) is 29.8 Å². The van der Waals surface area contributed by atoms with Gasteiger partial charge in [-0.15, -0.1) is 0 Å². The van der Waals surface area contributed by atoms with Crippen molar-refractivity contribution in [1.29, 1.82) is 0 Å². The van der Waals surface area contributed by atoms with Gasteiger partial charge in [-0.2, -0.15) is 0 Å². The Morgan fingerprint density at radius 1 is 1.18 bits per heavy atom. The molecule has 0 radical (unpaired) electrons. The molecule has 142 valence electrons. The van der Waals surface area contributed by atoms with Crippen molar-refractivity contribution in [3.63, 3.8) is 0 Å². The summed E-state index contributed by atoms with van der Waals surface area (Å²) in [7, 11) is 0. The van der Waals surface area contributed by atoms with E-state index in [2.05, 4.69) is 9.97 Å². The number of hydrogen-bond donors (Lipinski definition) is 1. The fourth-order valence-corrected chi connectivity index (χ4v) is 3.76. The zero-order chi connectivity index (χ0) is 19.5. The molecule has 1 fully saturated rings. The van der Waals surface area contributed by atoms with Crippen LogP contribution in [0, 0.1) is 5.82 Å². The Labute approximate surface area is 163 Å². The summed E-state index contributed by atoms with van der Waals surface area (Å²) >= 11 is 0. The van der Waals surface area contributed by atoms with Crippen LogP contribution in [0.3, 0.4) is 0 Å². The summed E-state index contributed by atoms with van der Waals surface area (Å²) in [6.07, 6.45) is 3.63. The lowest BCUT2D eigenvalue weighted by atomic mass is 9.99. The van der Waals surface area contributed by atoms with Gasteiger partial charge in [0.15, 0.2) is 0 Å². The number of anilines is 1.